The van der Waals surface area contributed by atoms with Gasteiger partial charge in [-0.2, -0.15) is 0 Å². The summed E-state index contributed by atoms with van der Waals surface area (Å²) in [6.07, 6.45) is 1.64. The Bertz CT molecular complexity index is 962. The van der Waals surface area contributed by atoms with Crippen molar-refractivity contribution in [1.29, 1.82) is 0 Å². The number of rotatable bonds is 5. The summed E-state index contributed by atoms with van der Waals surface area (Å²) in [5.41, 5.74) is 2.37. The summed E-state index contributed by atoms with van der Waals surface area (Å²) >= 11 is 0. The first-order valence-corrected chi connectivity index (χ1v) is 9.76. The van der Waals surface area contributed by atoms with Gasteiger partial charge in [0, 0.05) is 6.54 Å². The quantitative estimate of drug-likeness (QED) is 0.700. The Morgan fingerprint density at radius 1 is 1.07 bits per heavy atom. The third kappa shape index (κ3) is 3.60. The van der Waals surface area contributed by atoms with Crippen LogP contribution in [0, 0.1) is 5.92 Å². The molecule has 1 N–H and O–H groups in total. The van der Waals surface area contributed by atoms with Crippen LogP contribution in [0.1, 0.15) is 30.0 Å². The smallest absolute Gasteiger partial charge is 0.307 e. The first-order chi connectivity index (χ1) is 13.7. The summed E-state index contributed by atoms with van der Waals surface area (Å²) in [6, 6.07) is 22.9. The molecule has 1 aliphatic rings. The molecule has 2 atom stereocenters. The minimum atomic E-state index is -0.698. The van der Waals surface area contributed by atoms with Crippen molar-refractivity contribution < 1.29 is 14.6 Å². The maximum absolute atomic E-state index is 11.6. The molecular formula is C24H25NO3. The molecule has 144 valence electrons. The number of carboxylic acid groups (broad SMARTS) is 1. The van der Waals surface area contributed by atoms with Crippen molar-refractivity contribution in [3.05, 3.63) is 77.9 Å². The Morgan fingerprint density at radius 2 is 1.82 bits per heavy atom. The first kappa shape index (κ1) is 18.5. The molecule has 0 aliphatic carbocycles. The van der Waals surface area contributed by atoms with Crippen LogP contribution in [0.4, 0.5) is 0 Å². The van der Waals surface area contributed by atoms with Crippen LogP contribution < -0.4 is 4.74 Å². The Morgan fingerprint density at radius 3 is 2.57 bits per heavy atom. The van der Waals surface area contributed by atoms with E-state index in [2.05, 4.69) is 59.5 Å². The van der Waals surface area contributed by atoms with Gasteiger partial charge < -0.3 is 9.84 Å². The molecule has 0 amide bonds. The third-order valence-electron chi connectivity index (χ3n) is 5.72. The summed E-state index contributed by atoms with van der Waals surface area (Å²) < 4.78 is 5.33. The van der Waals surface area contributed by atoms with Gasteiger partial charge in [0.05, 0.1) is 19.1 Å². The van der Waals surface area contributed by atoms with Crippen molar-refractivity contribution in [3.8, 4) is 5.75 Å². The maximum atomic E-state index is 11.6. The van der Waals surface area contributed by atoms with Crippen LogP contribution in [0.25, 0.3) is 10.8 Å². The number of carbonyl (C=O) groups is 1. The molecule has 3 aromatic carbocycles. The minimum Gasteiger partial charge on any atom is -0.497 e. The highest BCUT2D eigenvalue weighted by molar-refractivity contribution is 5.86. The number of aliphatic carboxylic acids is 1. The fraction of sp³-hybridized carbons (Fsp3) is 0.292. The van der Waals surface area contributed by atoms with Crippen LogP contribution in [0.15, 0.2) is 66.7 Å². The molecule has 4 heteroatoms. The van der Waals surface area contributed by atoms with Gasteiger partial charge in [-0.05, 0) is 53.4 Å². The monoisotopic (exact) mass is 375 g/mol. The second-order valence-corrected chi connectivity index (χ2v) is 7.42. The number of benzene rings is 3. The molecule has 0 spiro atoms. The van der Waals surface area contributed by atoms with Crippen LogP contribution in [0.3, 0.4) is 0 Å². The van der Waals surface area contributed by atoms with E-state index in [9.17, 15) is 9.90 Å². The van der Waals surface area contributed by atoms with E-state index in [0.717, 1.165) is 30.7 Å². The average molecular weight is 375 g/mol. The second kappa shape index (κ2) is 8.03. The second-order valence-electron chi connectivity index (χ2n) is 7.42. The van der Waals surface area contributed by atoms with Gasteiger partial charge in [0.15, 0.2) is 0 Å². The zero-order valence-corrected chi connectivity index (χ0v) is 16.0. The Labute approximate surface area is 165 Å². The van der Waals surface area contributed by atoms with E-state index in [4.69, 9.17) is 4.74 Å². The van der Waals surface area contributed by atoms with Gasteiger partial charge in [-0.15, -0.1) is 0 Å². The van der Waals surface area contributed by atoms with E-state index in [0.29, 0.717) is 6.54 Å². The van der Waals surface area contributed by atoms with Crippen LogP contribution in [-0.4, -0.2) is 36.2 Å². The average Bonchev–Trinajstić information content (AvgIpc) is 2.75. The van der Waals surface area contributed by atoms with Crippen molar-refractivity contribution >= 4 is 16.7 Å². The number of carboxylic acids is 1. The fourth-order valence-electron chi connectivity index (χ4n) is 4.30. The van der Waals surface area contributed by atoms with E-state index < -0.39 is 5.97 Å². The van der Waals surface area contributed by atoms with Crippen LogP contribution in [-0.2, 0) is 4.79 Å². The number of ether oxygens (including phenoxy) is 1. The van der Waals surface area contributed by atoms with E-state index in [1.165, 1.54) is 16.3 Å². The molecule has 1 saturated heterocycles. The number of fused-ring (bicyclic) bond motifs is 1. The number of hydrogen-bond acceptors (Lipinski definition) is 3. The highest BCUT2D eigenvalue weighted by Gasteiger charge is 2.31. The van der Waals surface area contributed by atoms with Gasteiger partial charge in [-0.25, -0.2) is 0 Å². The SMILES string of the molecule is COc1ccc(C(c2cccc3ccccc23)N2CCCC(C(=O)O)C2)cc1. The molecule has 3 aromatic rings. The van der Waals surface area contributed by atoms with Crippen molar-refractivity contribution in [2.45, 2.75) is 18.9 Å². The first-order valence-electron chi connectivity index (χ1n) is 9.76. The number of likely N-dealkylation sites (tertiary alicyclic amines) is 1. The zero-order chi connectivity index (χ0) is 19.5. The van der Waals surface area contributed by atoms with Gasteiger partial charge >= 0.3 is 5.97 Å². The van der Waals surface area contributed by atoms with Crippen molar-refractivity contribution in [3.63, 3.8) is 0 Å². The highest BCUT2D eigenvalue weighted by Crippen LogP contribution is 2.36. The number of piperidine rings is 1. The molecule has 1 aliphatic heterocycles. The summed E-state index contributed by atoms with van der Waals surface area (Å²) in [4.78, 5) is 14.0. The van der Waals surface area contributed by atoms with Gasteiger partial charge in [0.1, 0.15) is 5.75 Å². The lowest BCUT2D eigenvalue weighted by Crippen LogP contribution is -2.41. The number of nitrogens with zero attached hydrogens (tertiary/aromatic N) is 1. The maximum Gasteiger partial charge on any atom is 0.307 e. The predicted molar refractivity (Wildman–Crippen MR) is 111 cm³/mol. The minimum absolute atomic E-state index is 0.0131. The molecule has 0 bridgehead atoms. The molecule has 0 saturated carbocycles. The molecule has 4 nitrogen and oxygen atoms in total. The molecule has 0 aromatic heterocycles. The Kier molecular flexibility index (Phi) is 5.31. The number of methoxy groups -OCH3 is 1. The summed E-state index contributed by atoms with van der Waals surface area (Å²) in [5, 5.41) is 12.0. The predicted octanol–water partition coefficient (Wildman–Crippen LogP) is 4.73. The fourth-order valence-corrected chi connectivity index (χ4v) is 4.30. The molecule has 1 fully saturated rings. The Hall–Kier alpha value is -2.85. The van der Waals surface area contributed by atoms with Gasteiger partial charge in [0.2, 0.25) is 0 Å². The highest BCUT2D eigenvalue weighted by atomic mass is 16.5. The number of hydrogen-bond donors (Lipinski definition) is 1. The summed E-state index contributed by atoms with van der Waals surface area (Å²) in [6.45, 7) is 1.46. The molecular weight excluding hydrogens is 350 g/mol. The zero-order valence-electron chi connectivity index (χ0n) is 16.0. The van der Waals surface area contributed by atoms with Crippen LogP contribution >= 0.6 is 0 Å². The lowest BCUT2D eigenvalue weighted by molar-refractivity contribution is -0.143. The largest absolute Gasteiger partial charge is 0.497 e. The third-order valence-corrected chi connectivity index (χ3v) is 5.72. The summed E-state index contributed by atoms with van der Waals surface area (Å²) in [7, 11) is 1.67. The standard InChI is InChI=1S/C24H25NO3/c1-28-20-13-11-18(12-14-20)23(25-15-5-8-19(16-25)24(26)27)22-10-4-7-17-6-2-3-9-21(17)22/h2-4,6-7,9-14,19,23H,5,8,15-16H2,1H3,(H,26,27). The van der Waals surface area contributed by atoms with Crippen LogP contribution in [0.2, 0.25) is 0 Å². The topological polar surface area (TPSA) is 49.8 Å². The Balaban J connectivity index is 1.82. The van der Waals surface area contributed by atoms with Gasteiger partial charge in [-0.3, -0.25) is 9.69 Å². The normalized spacial score (nSPS) is 18.7. The molecule has 1 heterocycles. The molecule has 28 heavy (non-hydrogen) atoms. The lowest BCUT2D eigenvalue weighted by Gasteiger charge is -2.38. The van der Waals surface area contributed by atoms with Gasteiger partial charge in [0.25, 0.3) is 0 Å². The van der Waals surface area contributed by atoms with E-state index in [1.807, 2.05) is 12.1 Å². The van der Waals surface area contributed by atoms with Gasteiger partial charge in [-0.1, -0.05) is 54.6 Å². The van der Waals surface area contributed by atoms with E-state index in [1.54, 1.807) is 7.11 Å². The molecule has 4 rings (SSSR count). The lowest BCUT2D eigenvalue weighted by atomic mass is 9.89. The van der Waals surface area contributed by atoms with Crippen molar-refractivity contribution in [2.75, 3.05) is 20.2 Å². The van der Waals surface area contributed by atoms with Crippen molar-refractivity contribution in [1.82, 2.24) is 4.90 Å². The molecule has 2 unspecified atom stereocenters. The molecule has 0 radical (unpaired) electrons. The summed E-state index contributed by atoms with van der Waals surface area (Å²) in [5.74, 6) is -0.192. The van der Waals surface area contributed by atoms with Crippen LogP contribution in [0.5, 0.6) is 5.75 Å². The van der Waals surface area contributed by atoms with E-state index in [-0.39, 0.29) is 12.0 Å². The van der Waals surface area contributed by atoms with Crippen molar-refractivity contribution in [2.24, 2.45) is 5.92 Å². The van der Waals surface area contributed by atoms with E-state index >= 15 is 0 Å².